The highest BCUT2D eigenvalue weighted by molar-refractivity contribution is 7.21. The number of ether oxygens (including phenoxy) is 1. The number of thiophene rings is 1. The van der Waals surface area contributed by atoms with E-state index in [-0.39, 0.29) is 11.7 Å². The summed E-state index contributed by atoms with van der Waals surface area (Å²) in [7, 11) is 0. The molecule has 0 fully saturated rings. The predicted octanol–water partition coefficient (Wildman–Crippen LogP) is 5.41. The molecular formula is C16H10ClF2NO2S. The fourth-order valence-corrected chi connectivity index (χ4v) is 3.48. The Hall–Kier alpha value is -2.18. The Balaban J connectivity index is 1.79. The van der Waals surface area contributed by atoms with Gasteiger partial charge in [0.1, 0.15) is 10.6 Å². The Kier molecular flexibility index (Phi) is 4.45. The molecule has 0 unspecified atom stereocenters. The van der Waals surface area contributed by atoms with Crippen molar-refractivity contribution in [3.05, 3.63) is 58.4 Å². The van der Waals surface area contributed by atoms with Crippen LogP contribution in [0.4, 0.5) is 14.5 Å². The van der Waals surface area contributed by atoms with E-state index in [4.69, 9.17) is 11.6 Å². The van der Waals surface area contributed by atoms with Gasteiger partial charge in [0.15, 0.2) is 0 Å². The first-order valence-electron chi connectivity index (χ1n) is 6.58. The standard InChI is InChI=1S/C16H10ClF2NO2S/c17-13-11-3-1-2-4-12(11)23-14(13)15(21)20-9-5-7-10(8-6-9)22-16(18)19/h1-8,16H,(H,20,21). The maximum absolute atomic E-state index is 12.3. The number of carbonyl (C=O) groups is 1. The minimum Gasteiger partial charge on any atom is -0.435 e. The van der Waals surface area contributed by atoms with Crippen molar-refractivity contribution in [3.8, 4) is 5.75 Å². The number of amides is 1. The van der Waals surface area contributed by atoms with Gasteiger partial charge in [-0.3, -0.25) is 4.79 Å². The van der Waals surface area contributed by atoms with Crippen LogP contribution in [0.1, 0.15) is 9.67 Å². The molecule has 1 heterocycles. The Labute approximate surface area is 139 Å². The number of fused-ring (bicyclic) bond motifs is 1. The Bertz CT molecular complexity index is 849. The molecular weight excluding hydrogens is 344 g/mol. The molecule has 1 aromatic heterocycles. The number of hydrogen-bond acceptors (Lipinski definition) is 3. The second-order valence-electron chi connectivity index (χ2n) is 4.60. The van der Waals surface area contributed by atoms with Gasteiger partial charge in [-0.15, -0.1) is 11.3 Å². The minimum atomic E-state index is -2.88. The monoisotopic (exact) mass is 353 g/mol. The second kappa shape index (κ2) is 6.52. The Morgan fingerprint density at radius 3 is 2.48 bits per heavy atom. The summed E-state index contributed by atoms with van der Waals surface area (Å²) in [4.78, 5) is 12.7. The van der Waals surface area contributed by atoms with E-state index in [9.17, 15) is 13.6 Å². The Morgan fingerprint density at radius 1 is 1.13 bits per heavy atom. The molecule has 0 saturated carbocycles. The lowest BCUT2D eigenvalue weighted by molar-refractivity contribution is -0.0498. The van der Waals surface area contributed by atoms with Gasteiger partial charge in [-0.05, 0) is 30.3 Å². The largest absolute Gasteiger partial charge is 0.435 e. The second-order valence-corrected chi connectivity index (χ2v) is 6.03. The number of rotatable bonds is 4. The number of benzene rings is 2. The topological polar surface area (TPSA) is 38.3 Å². The van der Waals surface area contributed by atoms with Gasteiger partial charge < -0.3 is 10.1 Å². The van der Waals surface area contributed by atoms with Crippen LogP contribution in [-0.4, -0.2) is 12.5 Å². The summed E-state index contributed by atoms with van der Waals surface area (Å²) in [6.45, 7) is -2.88. The van der Waals surface area contributed by atoms with E-state index in [0.717, 1.165) is 10.1 Å². The number of alkyl halides is 2. The Morgan fingerprint density at radius 2 is 1.83 bits per heavy atom. The summed E-state index contributed by atoms with van der Waals surface area (Å²) in [5.41, 5.74) is 0.463. The van der Waals surface area contributed by atoms with Gasteiger partial charge in [-0.1, -0.05) is 29.8 Å². The zero-order valence-corrected chi connectivity index (χ0v) is 13.1. The quantitative estimate of drug-likeness (QED) is 0.681. The van der Waals surface area contributed by atoms with Crippen LogP contribution < -0.4 is 10.1 Å². The molecule has 1 amide bonds. The molecule has 0 aliphatic heterocycles. The third-order valence-electron chi connectivity index (χ3n) is 3.08. The van der Waals surface area contributed by atoms with Crippen molar-refractivity contribution in [2.45, 2.75) is 6.61 Å². The summed E-state index contributed by atoms with van der Waals surface area (Å²) in [6, 6.07) is 13.1. The molecule has 0 bridgehead atoms. The highest BCUT2D eigenvalue weighted by atomic mass is 35.5. The number of halogens is 3. The fourth-order valence-electron chi connectivity index (χ4n) is 2.07. The van der Waals surface area contributed by atoms with Crippen LogP contribution in [0, 0.1) is 0 Å². The van der Waals surface area contributed by atoms with E-state index in [2.05, 4.69) is 10.1 Å². The van der Waals surface area contributed by atoms with E-state index >= 15 is 0 Å². The van der Waals surface area contributed by atoms with Gasteiger partial charge in [0.2, 0.25) is 0 Å². The first-order chi connectivity index (χ1) is 11.0. The smallest absolute Gasteiger partial charge is 0.387 e. The van der Waals surface area contributed by atoms with Crippen molar-refractivity contribution in [1.82, 2.24) is 0 Å². The fraction of sp³-hybridized carbons (Fsp3) is 0.0625. The van der Waals surface area contributed by atoms with Crippen molar-refractivity contribution in [3.63, 3.8) is 0 Å². The van der Waals surface area contributed by atoms with Gasteiger partial charge in [0.25, 0.3) is 5.91 Å². The number of hydrogen-bond donors (Lipinski definition) is 1. The van der Waals surface area contributed by atoms with Crippen molar-refractivity contribution >= 4 is 44.6 Å². The van der Waals surface area contributed by atoms with E-state index in [1.165, 1.54) is 35.6 Å². The number of anilines is 1. The third kappa shape index (κ3) is 3.43. The summed E-state index contributed by atoms with van der Waals surface area (Å²) in [5, 5.41) is 3.91. The highest BCUT2D eigenvalue weighted by Crippen LogP contribution is 2.35. The van der Waals surface area contributed by atoms with Crippen LogP contribution >= 0.6 is 22.9 Å². The van der Waals surface area contributed by atoms with Gasteiger partial charge in [-0.25, -0.2) is 0 Å². The summed E-state index contributed by atoms with van der Waals surface area (Å²) < 4.78 is 29.4. The van der Waals surface area contributed by atoms with Crippen LogP contribution in [0.2, 0.25) is 5.02 Å². The molecule has 0 saturated heterocycles. The van der Waals surface area contributed by atoms with Gasteiger partial charge in [0, 0.05) is 15.8 Å². The maximum Gasteiger partial charge on any atom is 0.387 e. The zero-order chi connectivity index (χ0) is 16.4. The molecule has 0 atom stereocenters. The van der Waals surface area contributed by atoms with Crippen LogP contribution in [0.15, 0.2) is 48.5 Å². The molecule has 3 nitrogen and oxygen atoms in total. The van der Waals surface area contributed by atoms with E-state index in [1.54, 1.807) is 0 Å². The molecule has 0 spiro atoms. The van der Waals surface area contributed by atoms with Gasteiger partial charge in [-0.2, -0.15) is 8.78 Å². The van der Waals surface area contributed by atoms with Crippen molar-refractivity contribution in [2.75, 3.05) is 5.32 Å². The van der Waals surface area contributed by atoms with Crippen LogP contribution in [0.5, 0.6) is 5.75 Å². The lowest BCUT2D eigenvalue weighted by Gasteiger charge is -2.07. The van der Waals surface area contributed by atoms with E-state index in [1.807, 2.05) is 24.3 Å². The minimum absolute atomic E-state index is 0.0258. The molecule has 0 aliphatic rings. The summed E-state index contributed by atoms with van der Waals surface area (Å²) >= 11 is 7.54. The van der Waals surface area contributed by atoms with Crippen LogP contribution in [-0.2, 0) is 0 Å². The molecule has 0 radical (unpaired) electrons. The average molecular weight is 354 g/mol. The molecule has 7 heteroatoms. The highest BCUT2D eigenvalue weighted by Gasteiger charge is 2.17. The van der Waals surface area contributed by atoms with Gasteiger partial charge >= 0.3 is 6.61 Å². The SMILES string of the molecule is O=C(Nc1ccc(OC(F)F)cc1)c1sc2ccccc2c1Cl. The molecule has 0 aliphatic carbocycles. The molecule has 23 heavy (non-hydrogen) atoms. The van der Waals surface area contributed by atoms with E-state index < -0.39 is 6.61 Å². The van der Waals surface area contributed by atoms with Crippen molar-refractivity contribution < 1.29 is 18.3 Å². The van der Waals surface area contributed by atoms with E-state index in [0.29, 0.717) is 15.6 Å². The number of carbonyl (C=O) groups excluding carboxylic acids is 1. The maximum atomic E-state index is 12.3. The third-order valence-corrected chi connectivity index (χ3v) is 4.75. The predicted molar refractivity (Wildman–Crippen MR) is 87.9 cm³/mol. The lowest BCUT2D eigenvalue weighted by atomic mass is 10.2. The van der Waals surface area contributed by atoms with Crippen molar-refractivity contribution in [2.24, 2.45) is 0 Å². The average Bonchev–Trinajstić information content (AvgIpc) is 2.86. The summed E-state index contributed by atoms with van der Waals surface area (Å²) in [6.07, 6.45) is 0. The first kappa shape index (κ1) is 15.7. The van der Waals surface area contributed by atoms with Crippen LogP contribution in [0.25, 0.3) is 10.1 Å². The normalized spacial score (nSPS) is 11.0. The van der Waals surface area contributed by atoms with Gasteiger partial charge in [0.05, 0.1) is 5.02 Å². The summed E-state index contributed by atoms with van der Waals surface area (Å²) in [5.74, 6) is -0.323. The van der Waals surface area contributed by atoms with Crippen LogP contribution in [0.3, 0.4) is 0 Å². The van der Waals surface area contributed by atoms with Crippen molar-refractivity contribution in [1.29, 1.82) is 0 Å². The first-order valence-corrected chi connectivity index (χ1v) is 7.77. The zero-order valence-electron chi connectivity index (χ0n) is 11.6. The molecule has 1 N–H and O–H groups in total. The molecule has 3 aromatic rings. The lowest BCUT2D eigenvalue weighted by Crippen LogP contribution is -2.10. The molecule has 2 aromatic carbocycles. The molecule has 3 rings (SSSR count). The molecule has 118 valence electrons. The number of nitrogens with one attached hydrogen (secondary N) is 1.